The van der Waals surface area contributed by atoms with Gasteiger partial charge in [-0.3, -0.25) is 24.0 Å². The molecule has 0 aromatic carbocycles. The monoisotopic (exact) mass is 742 g/mol. The Balaban J connectivity index is 1.61. The van der Waals surface area contributed by atoms with E-state index in [1.54, 1.807) is 16.7 Å². The highest BCUT2D eigenvalue weighted by atomic mass is 35.5. The predicted molar refractivity (Wildman–Crippen MR) is 186 cm³/mol. The van der Waals surface area contributed by atoms with Gasteiger partial charge in [0.1, 0.15) is 13.1 Å². The van der Waals surface area contributed by atoms with Crippen LogP contribution in [0.3, 0.4) is 0 Å². The summed E-state index contributed by atoms with van der Waals surface area (Å²) in [6.45, 7) is 0.991. The summed E-state index contributed by atoms with van der Waals surface area (Å²) in [5, 5.41) is 5.93. The summed E-state index contributed by atoms with van der Waals surface area (Å²) in [5.41, 5.74) is 10.4. The number of rotatable bonds is 13. The maximum absolute atomic E-state index is 13.6. The van der Waals surface area contributed by atoms with Crippen LogP contribution in [0.5, 0.6) is 0 Å². The van der Waals surface area contributed by atoms with E-state index in [0.717, 1.165) is 16.2 Å². The van der Waals surface area contributed by atoms with Crippen LogP contribution in [0.4, 0.5) is 5.82 Å². The first kappa shape index (κ1) is 37.4. The largest absolute Gasteiger partial charge is 0.456 e. The SMILES string of the molecule is CCCNc1nc(C#Cc2ccc(Cl)s2)nc2c1ncn2[C@@H]1C2C[C@@]2(C(=O)NC)[C@@H](OC(=O)CN(C)C(=O)CN)[C@H]1OC(=O)CN(C)C(=O)CN. The molecule has 0 saturated heterocycles. The number of hydrogen-bond acceptors (Lipinski definition) is 14. The lowest BCUT2D eigenvalue weighted by Crippen LogP contribution is -2.48. The molecule has 1 unspecified atom stereocenters. The molecular weight excluding hydrogens is 704 g/mol. The molecule has 272 valence electrons. The molecule has 6 N–H and O–H groups in total. The Hall–Kier alpha value is -4.83. The minimum absolute atomic E-state index is 0.171. The maximum Gasteiger partial charge on any atom is 0.326 e. The standard InChI is InChI=1S/C32H39ClN10O7S/c1-5-10-37-29-25-30(40-20(39-29)9-7-17-6-8-19(33)51-17)43(16-38-25)26-18-11-32(18,31(48)36-2)28(50-24(47)15-42(4)22(45)13-35)27(26)49-23(46)14-41(3)21(44)12-34/h6,8,16,18,26-28H,5,10-15,34-35H2,1-4H3,(H,36,48)(H,37,39,40)/t18?,26-,27+,28+,32+/m1/s1. The van der Waals surface area contributed by atoms with Gasteiger partial charge in [-0.15, -0.1) is 11.3 Å². The van der Waals surface area contributed by atoms with Crippen molar-refractivity contribution in [2.45, 2.75) is 38.0 Å². The number of nitrogens with one attached hydrogen (secondary N) is 2. The van der Waals surface area contributed by atoms with Gasteiger partial charge in [-0.2, -0.15) is 0 Å². The van der Waals surface area contributed by atoms with Crippen molar-refractivity contribution < 1.29 is 33.4 Å². The number of nitrogens with zero attached hydrogens (tertiary/aromatic N) is 6. The van der Waals surface area contributed by atoms with Crippen molar-refractivity contribution in [3.05, 3.63) is 33.5 Å². The molecule has 0 spiro atoms. The van der Waals surface area contributed by atoms with E-state index < -0.39 is 72.3 Å². The number of imidazole rings is 1. The van der Waals surface area contributed by atoms with Gasteiger partial charge >= 0.3 is 11.9 Å². The first-order valence-corrected chi connectivity index (χ1v) is 17.3. The number of fused-ring (bicyclic) bond motifs is 2. The maximum atomic E-state index is 13.6. The van der Waals surface area contributed by atoms with Gasteiger partial charge in [0.15, 0.2) is 29.2 Å². The zero-order chi connectivity index (χ0) is 37.0. The van der Waals surface area contributed by atoms with Crippen LogP contribution >= 0.6 is 22.9 Å². The second kappa shape index (κ2) is 15.6. The number of amides is 3. The van der Waals surface area contributed by atoms with E-state index in [-0.39, 0.29) is 25.3 Å². The Morgan fingerprint density at radius 2 is 1.73 bits per heavy atom. The van der Waals surface area contributed by atoms with Gasteiger partial charge in [-0.05, 0) is 36.8 Å². The summed E-state index contributed by atoms with van der Waals surface area (Å²) in [6, 6.07) is 2.70. The number of likely N-dealkylation sites (N-methyl/N-ethyl adjacent to an activating group) is 2. The number of thiophene rings is 1. The highest BCUT2D eigenvalue weighted by molar-refractivity contribution is 7.16. The molecule has 5 rings (SSSR count). The Kier molecular flexibility index (Phi) is 11.4. The van der Waals surface area contributed by atoms with E-state index in [4.69, 9.17) is 37.5 Å². The summed E-state index contributed by atoms with van der Waals surface area (Å²) < 4.78 is 14.2. The third kappa shape index (κ3) is 7.61. The van der Waals surface area contributed by atoms with Gasteiger partial charge < -0.3 is 45.9 Å². The third-order valence-corrected chi connectivity index (χ3v) is 10.0. The summed E-state index contributed by atoms with van der Waals surface area (Å²) in [4.78, 5) is 81.5. The molecule has 3 aromatic rings. The van der Waals surface area contributed by atoms with E-state index in [1.807, 2.05) is 6.92 Å². The molecule has 3 heterocycles. The smallest absolute Gasteiger partial charge is 0.326 e. The first-order valence-electron chi connectivity index (χ1n) is 16.1. The van der Waals surface area contributed by atoms with Crippen LogP contribution in [0.2, 0.25) is 4.34 Å². The average Bonchev–Trinajstić information content (AvgIpc) is 3.33. The lowest BCUT2D eigenvalue weighted by molar-refractivity contribution is -0.176. The second-order valence-corrected chi connectivity index (χ2v) is 13.9. The van der Waals surface area contributed by atoms with Crippen molar-refractivity contribution in [3.8, 4) is 11.8 Å². The van der Waals surface area contributed by atoms with Crippen molar-refractivity contribution in [2.24, 2.45) is 22.8 Å². The zero-order valence-corrected chi connectivity index (χ0v) is 30.0. The molecule has 2 aliphatic rings. The molecule has 51 heavy (non-hydrogen) atoms. The molecular formula is C32H39ClN10O7S. The zero-order valence-electron chi connectivity index (χ0n) is 28.5. The Morgan fingerprint density at radius 3 is 2.31 bits per heavy atom. The Bertz CT molecular complexity index is 1910. The van der Waals surface area contributed by atoms with Gasteiger partial charge in [0.2, 0.25) is 23.5 Å². The number of halogens is 1. The predicted octanol–water partition coefficient (Wildman–Crippen LogP) is -0.272. The third-order valence-electron chi connectivity index (χ3n) is 8.88. The summed E-state index contributed by atoms with van der Waals surface area (Å²) >= 11 is 7.39. The van der Waals surface area contributed by atoms with E-state index in [0.29, 0.717) is 32.7 Å². The lowest BCUT2D eigenvalue weighted by Gasteiger charge is -2.31. The molecule has 2 fully saturated rings. The van der Waals surface area contributed by atoms with Crippen molar-refractivity contribution in [1.29, 1.82) is 0 Å². The summed E-state index contributed by atoms with van der Waals surface area (Å²) in [6.07, 6.45) is 0.0208. The van der Waals surface area contributed by atoms with Gasteiger partial charge in [-0.1, -0.05) is 18.5 Å². The lowest BCUT2D eigenvalue weighted by atomic mass is 9.97. The Labute approximate surface area is 302 Å². The number of carbonyl (C=O) groups excluding carboxylic acids is 5. The van der Waals surface area contributed by atoms with E-state index in [2.05, 4.69) is 32.4 Å². The van der Waals surface area contributed by atoms with Crippen LogP contribution in [0, 0.1) is 23.2 Å². The van der Waals surface area contributed by atoms with Gasteiger partial charge in [0.05, 0.1) is 40.1 Å². The van der Waals surface area contributed by atoms with Crippen LogP contribution in [0.1, 0.15) is 36.5 Å². The van der Waals surface area contributed by atoms with E-state index in [1.165, 1.54) is 38.8 Å². The summed E-state index contributed by atoms with van der Waals surface area (Å²) in [7, 11) is 4.24. The fourth-order valence-electron chi connectivity index (χ4n) is 6.34. The normalized spacial score (nSPS) is 21.5. The number of ether oxygens (including phenoxy) is 2. The average molecular weight is 743 g/mol. The molecule has 17 nitrogen and oxygen atoms in total. The van der Waals surface area contributed by atoms with Crippen LogP contribution < -0.4 is 22.1 Å². The topological polar surface area (TPSA) is 230 Å². The van der Waals surface area contributed by atoms with Crippen LogP contribution in [0.15, 0.2) is 18.5 Å². The molecule has 19 heteroatoms. The molecule has 0 aliphatic heterocycles. The number of nitrogens with two attached hydrogens (primary N) is 2. The molecule has 0 bridgehead atoms. The van der Waals surface area contributed by atoms with Gasteiger partial charge in [0.25, 0.3) is 0 Å². The fraction of sp³-hybridized carbons (Fsp3) is 0.500. The first-order chi connectivity index (χ1) is 24.4. The van der Waals surface area contributed by atoms with Crippen molar-refractivity contribution in [2.75, 3.05) is 59.2 Å². The Morgan fingerprint density at radius 1 is 1.06 bits per heavy atom. The van der Waals surface area contributed by atoms with Crippen LogP contribution in [-0.4, -0.2) is 125 Å². The molecule has 2 aliphatic carbocycles. The number of esters is 2. The number of aromatic nitrogens is 4. The molecule has 3 amide bonds. The van der Waals surface area contributed by atoms with E-state index in [9.17, 15) is 24.0 Å². The molecule has 2 saturated carbocycles. The van der Waals surface area contributed by atoms with Crippen molar-refractivity contribution in [3.63, 3.8) is 0 Å². The number of carbonyl (C=O) groups is 5. The van der Waals surface area contributed by atoms with Gasteiger partial charge in [-0.25, -0.2) is 15.0 Å². The quantitative estimate of drug-likeness (QED) is 0.131. The highest BCUT2D eigenvalue weighted by Gasteiger charge is 2.78. The number of hydrogen-bond donors (Lipinski definition) is 4. The molecule has 5 atom stereocenters. The van der Waals surface area contributed by atoms with Crippen LogP contribution in [-0.2, 0) is 33.4 Å². The molecule has 0 radical (unpaired) electrons. The minimum Gasteiger partial charge on any atom is -0.456 e. The van der Waals surface area contributed by atoms with Crippen LogP contribution in [0.25, 0.3) is 11.2 Å². The second-order valence-electron chi connectivity index (χ2n) is 12.2. The number of anilines is 1. The van der Waals surface area contributed by atoms with Crippen molar-refractivity contribution in [1.82, 2.24) is 34.6 Å². The molecule has 3 aromatic heterocycles. The highest BCUT2D eigenvalue weighted by Crippen LogP contribution is 2.69. The fourth-order valence-corrected chi connectivity index (χ4v) is 7.23. The van der Waals surface area contributed by atoms with Crippen molar-refractivity contribution >= 4 is 69.6 Å². The summed E-state index contributed by atoms with van der Waals surface area (Å²) in [5.74, 6) is 2.99. The minimum atomic E-state index is -1.30. The van der Waals surface area contributed by atoms with E-state index >= 15 is 0 Å². The van der Waals surface area contributed by atoms with Gasteiger partial charge in [0, 0.05) is 33.6 Å².